The van der Waals surface area contributed by atoms with Crippen molar-refractivity contribution in [3.63, 3.8) is 0 Å². The lowest BCUT2D eigenvalue weighted by molar-refractivity contribution is 0.588. The van der Waals surface area contributed by atoms with Crippen molar-refractivity contribution in [2.75, 3.05) is 5.32 Å². The van der Waals surface area contributed by atoms with Gasteiger partial charge in [-0.05, 0) is 30.2 Å². The maximum Gasteiger partial charge on any atom is 0.128 e. The summed E-state index contributed by atoms with van der Waals surface area (Å²) in [7, 11) is 0. The van der Waals surface area contributed by atoms with Crippen LogP contribution in [0.15, 0.2) is 67.4 Å². The van der Waals surface area contributed by atoms with Crippen LogP contribution in [0.1, 0.15) is 24.9 Å². The minimum absolute atomic E-state index is 0.257. The first-order valence-electron chi connectivity index (χ1n) is 9.02. The predicted octanol–water partition coefficient (Wildman–Crippen LogP) is 6.05. The zero-order chi connectivity index (χ0) is 19.5. The third kappa shape index (κ3) is 3.53. The van der Waals surface area contributed by atoms with Crippen molar-refractivity contribution >= 4 is 28.2 Å². The van der Waals surface area contributed by atoms with Gasteiger partial charge in [-0.3, -0.25) is 4.98 Å². The molecule has 1 atom stereocenters. The zero-order valence-electron chi connectivity index (χ0n) is 15.2. The van der Waals surface area contributed by atoms with Gasteiger partial charge in [0.15, 0.2) is 0 Å². The number of nitrogens with one attached hydrogen (secondary N) is 1. The smallest absolute Gasteiger partial charge is 0.128 e. The van der Waals surface area contributed by atoms with E-state index in [4.69, 9.17) is 11.6 Å². The highest BCUT2D eigenvalue weighted by Crippen LogP contribution is 2.35. The van der Waals surface area contributed by atoms with Crippen LogP contribution in [0, 0.1) is 5.82 Å². The first-order chi connectivity index (χ1) is 13.7. The van der Waals surface area contributed by atoms with Crippen LogP contribution in [-0.4, -0.2) is 15.0 Å². The molecular formula is C22H18ClFN4. The average molecular weight is 393 g/mol. The normalized spacial score (nSPS) is 12.1. The molecule has 0 aliphatic rings. The van der Waals surface area contributed by atoms with Crippen LogP contribution < -0.4 is 5.32 Å². The highest BCUT2D eigenvalue weighted by molar-refractivity contribution is 6.34. The van der Waals surface area contributed by atoms with Crippen LogP contribution in [0.3, 0.4) is 0 Å². The molecule has 0 bridgehead atoms. The van der Waals surface area contributed by atoms with Crippen LogP contribution in [0.4, 0.5) is 10.1 Å². The fourth-order valence-electron chi connectivity index (χ4n) is 3.28. The summed E-state index contributed by atoms with van der Waals surface area (Å²) < 4.78 is 14.7. The molecule has 140 valence electrons. The van der Waals surface area contributed by atoms with E-state index < -0.39 is 0 Å². The highest BCUT2D eigenvalue weighted by Gasteiger charge is 2.18. The summed E-state index contributed by atoms with van der Waals surface area (Å²) in [6.07, 6.45) is 7.20. The van der Waals surface area contributed by atoms with Gasteiger partial charge in [0.25, 0.3) is 0 Å². The van der Waals surface area contributed by atoms with Gasteiger partial charge in [-0.15, -0.1) is 0 Å². The molecule has 4 nitrogen and oxygen atoms in total. The van der Waals surface area contributed by atoms with Gasteiger partial charge in [0.05, 0.1) is 22.3 Å². The molecule has 0 saturated carbocycles. The van der Waals surface area contributed by atoms with Crippen LogP contribution in [0.2, 0.25) is 5.02 Å². The van der Waals surface area contributed by atoms with Crippen molar-refractivity contribution in [2.45, 2.75) is 19.4 Å². The standard InChI is InChI=1S/C22H18ClFN4/c1-2-20(28-22-16-5-3-4-6-21(16)27-12-18(22)23)17-9-14(7-8-19(17)24)15-10-25-13-26-11-15/h3-13,20H,2H2,1H3,(H,27,28)/t20-/m0/s1. The molecule has 6 heteroatoms. The second-order valence-corrected chi connectivity index (χ2v) is 6.87. The Morgan fingerprint density at radius 1 is 1.04 bits per heavy atom. The van der Waals surface area contributed by atoms with Gasteiger partial charge in [0.2, 0.25) is 0 Å². The zero-order valence-corrected chi connectivity index (χ0v) is 16.0. The number of hydrogen-bond donors (Lipinski definition) is 1. The van der Waals surface area contributed by atoms with Gasteiger partial charge in [-0.25, -0.2) is 14.4 Å². The molecule has 1 N–H and O–H groups in total. The largest absolute Gasteiger partial charge is 0.376 e. The van der Waals surface area contributed by atoms with Crippen molar-refractivity contribution in [1.29, 1.82) is 0 Å². The van der Waals surface area contributed by atoms with Gasteiger partial charge in [-0.2, -0.15) is 0 Å². The van der Waals surface area contributed by atoms with Gasteiger partial charge in [-0.1, -0.05) is 42.8 Å². The Morgan fingerprint density at radius 3 is 2.61 bits per heavy atom. The van der Waals surface area contributed by atoms with Gasteiger partial charge < -0.3 is 5.32 Å². The number of fused-ring (bicyclic) bond motifs is 1. The fraction of sp³-hybridized carbons (Fsp3) is 0.136. The Kier molecular flexibility index (Phi) is 5.17. The van der Waals surface area contributed by atoms with Crippen LogP contribution in [0.25, 0.3) is 22.0 Å². The van der Waals surface area contributed by atoms with E-state index in [-0.39, 0.29) is 11.9 Å². The van der Waals surface area contributed by atoms with E-state index in [1.807, 2.05) is 37.3 Å². The van der Waals surface area contributed by atoms with E-state index in [0.29, 0.717) is 17.0 Å². The van der Waals surface area contributed by atoms with Crippen LogP contribution in [-0.2, 0) is 0 Å². The second kappa shape index (κ2) is 7.90. The second-order valence-electron chi connectivity index (χ2n) is 6.47. The first-order valence-corrected chi connectivity index (χ1v) is 9.39. The lowest BCUT2D eigenvalue weighted by atomic mass is 9.98. The molecule has 0 unspecified atom stereocenters. The SMILES string of the molecule is CC[C@H](Nc1c(Cl)cnc2ccccc12)c1cc(-c2cncnc2)ccc1F. The summed E-state index contributed by atoms with van der Waals surface area (Å²) in [5, 5.41) is 4.84. The van der Waals surface area contributed by atoms with E-state index >= 15 is 0 Å². The summed E-state index contributed by atoms with van der Waals surface area (Å²) in [6.45, 7) is 2.01. The third-order valence-corrected chi connectivity index (χ3v) is 5.01. The maximum absolute atomic E-state index is 14.7. The maximum atomic E-state index is 14.7. The van der Waals surface area contributed by atoms with Crippen molar-refractivity contribution < 1.29 is 4.39 Å². The molecule has 0 aliphatic heterocycles. The number of nitrogens with zero attached hydrogens (tertiary/aromatic N) is 3. The number of halogens is 2. The van der Waals surface area contributed by atoms with Crippen molar-refractivity contribution in [3.05, 3.63) is 83.8 Å². The molecule has 0 amide bonds. The molecule has 0 fully saturated rings. The third-order valence-electron chi connectivity index (χ3n) is 4.72. The van der Waals surface area contributed by atoms with Gasteiger partial charge >= 0.3 is 0 Å². The minimum atomic E-state index is -0.269. The summed E-state index contributed by atoms with van der Waals surface area (Å²) >= 11 is 6.42. The van der Waals surface area contributed by atoms with E-state index in [0.717, 1.165) is 27.7 Å². The van der Waals surface area contributed by atoms with Crippen molar-refractivity contribution in [3.8, 4) is 11.1 Å². The van der Waals surface area contributed by atoms with Crippen molar-refractivity contribution in [1.82, 2.24) is 15.0 Å². The predicted molar refractivity (Wildman–Crippen MR) is 111 cm³/mol. The molecule has 2 heterocycles. The summed E-state index contributed by atoms with van der Waals surface area (Å²) in [4.78, 5) is 12.5. The lowest BCUT2D eigenvalue weighted by Gasteiger charge is -2.22. The number of para-hydroxylation sites is 1. The number of rotatable bonds is 5. The van der Waals surface area contributed by atoms with Gasteiger partial charge in [0, 0.05) is 35.1 Å². The average Bonchev–Trinajstić information content (AvgIpc) is 2.74. The summed E-state index contributed by atoms with van der Waals surface area (Å²) in [5.74, 6) is -0.269. The molecule has 0 radical (unpaired) electrons. The molecule has 2 aromatic carbocycles. The van der Waals surface area contributed by atoms with Crippen LogP contribution >= 0.6 is 11.6 Å². The number of aromatic nitrogens is 3. The Balaban J connectivity index is 1.76. The minimum Gasteiger partial charge on any atom is -0.376 e. The number of hydrogen-bond acceptors (Lipinski definition) is 4. The molecule has 0 aliphatic carbocycles. The van der Waals surface area contributed by atoms with E-state index in [2.05, 4.69) is 20.3 Å². The monoisotopic (exact) mass is 392 g/mol. The quantitative estimate of drug-likeness (QED) is 0.449. The van der Waals surface area contributed by atoms with E-state index in [1.54, 1.807) is 24.7 Å². The molecule has 4 rings (SSSR count). The van der Waals surface area contributed by atoms with Gasteiger partial charge in [0.1, 0.15) is 12.1 Å². The van der Waals surface area contributed by atoms with E-state index in [1.165, 1.54) is 12.4 Å². The Hall–Kier alpha value is -3.05. The van der Waals surface area contributed by atoms with E-state index in [9.17, 15) is 4.39 Å². The lowest BCUT2D eigenvalue weighted by Crippen LogP contribution is -2.12. The molecule has 0 spiro atoms. The van der Waals surface area contributed by atoms with Crippen LogP contribution in [0.5, 0.6) is 0 Å². The fourth-order valence-corrected chi connectivity index (χ4v) is 3.48. The summed E-state index contributed by atoms with van der Waals surface area (Å²) in [6, 6.07) is 12.5. The molecule has 0 saturated heterocycles. The molecule has 2 aromatic heterocycles. The molecule has 28 heavy (non-hydrogen) atoms. The summed E-state index contributed by atoms with van der Waals surface area (Å²) in [5.41, 5.74) is 3.86. The first kappa shape index (κ1) is 18.3. The number of benzene rings is 2. The topological polar surface area (TPSA) is 50.7 Å². The Bertz CT molecular complexity index is 1120. The molecule has 4 aromatic rings. The Labute approximate surface area is 167 Å². The molecular weight excluding hydrogens is 375 g/mol. The number of pyridine rings is 1. The Morgan fingerprint density at radius 2 is 1.82 bits per heavy atom. The van der Waals surface area contributed by atoms with Crippen molar-refractivity contribution in [2.24, 2.45) is 0 Å². The number of anilines is 1. The highest BCUT2D eigenvalue weighted by atomic mass is 35.5.